The first-order valence-corrected chi connectivity index (χ1v) is 17.0. The first kappa shape index (κ1) is 33.9. The zero-order valence-corrected chi connectivity index (χ0v) is 27.5. The fourth-order valence-electron chi connectivity index (χ4n) is 5.51. The molecule has 1 aliphatic heterocycles. The number of benzene rings is 4. The second-order valence-corrected chi connectivity index (χ2v) is 13.7. The predicted octanol–water partition coefficient (Wildman–Crippen LogP) is 5.70. The van der Waals surface area contributed by atoms with E-state index in [2.05, 4.69) is 9.62 Å². The normalized spacial score (nSPS) is 17.6. The van der Waals surface area contributed by atoms with Crippen LogP contribution in [-0.4, -0.2) is 68.1 Å². The SMILES string of the molecule is C[C@H](CO)N1C[C@H](C)[C@@H](CN(C)Cc2ccc(Oc3ccccc3)cc2)Oc2ccc(NS(=O)(=O)c3ccc(F)cc3)cc2CC1=O. The number of rotatable bonds is 11. The summed E-state index contributed by atoms with van der Waals surface area (Å²) in [6.45, 7) is 5.18. The van der Waals surface area contributed by atoms with Crippen LogP contribution in [0, 0.1) is 11.7 Å². The molecule has 4 aromatic rings. The fraction of sp³-hybridized carbons (Fsp3) is 0.306. The van der Waals surface area contributed by atoms with Crippen molar-refractivity contribution in [3.05, 3.63) is 114 Å². The van der Waals surface area contributed by atoms with Gasteiger partial charge in [0.15, 0.2) is 0 Å². The summed E-state index contributed by atoms with van der Waals surface area (Å²) in [6.07, 6.45) is -0.376. The van der Waals surface area contributed by atoms with Gasteiger partial charge in [-0.15, -0.1) is 0 Å². The molecule has 4 aromatic carbocycles. The number of likely N-dealkylation sites (N-methyl/N-ethyl adjacent to an activating group) is 1. The van der Waals surface area contributed by atoms with Gasteiger partial charge in [0.2, 0.25) is 5.91 Å². The molecule has 0 aliphatic carbocycles. The lowest BCUT2D eigenvalue weighted by molar-refractivity contribution is -0.134. The largest absolute Gasteiger partial charge is 0.488 e. The van der Waals surface area contributed by atoms with Gasteiger partial charge in [0.25, 0.3) is 10.0 Å². The van der Waals surface area contributed by atoms with Crippen molar-refractivity contribution in [1.29, 1.82) is 0 Å². The molecule has 0 radical (unpaired) electrons. The number of amides is 1. The van der Waals surface area contributed by atoms with E-state index in [-0.39, 0.29) is 41.5 Å². The summed E-state index contributed by atoms with van der Waals surface area (Å²) in [6, 6.07) is 26.5. The molecule has 248 valence electrons. The summed E-state index contributed by atoms with van der Waals surface area (Å²) in [5.41, 5.74) is 1.85. The van der Waals surface area contributed by atoms with Crippen LogP contribution < -0.4 is 14.2 Å². The second kappa shape index (κ2) is 15.0. The maximum atomic E-state index is 13.6. The quantitative estimate of drug-likeness (QED) is 0.212. The molecule has 9 nitrogen and oxygen atoms in total. The molecule has 0 saturated heterocycles. The Balaban J connectivity index is 1.34. The number of aliphatic hydroxyl groups excluding tert-OH is 1. The van der Waals surface area contributed by atoms with Crippen molar-refractivity contribution in [1.82, 2.24) is 9.80 Å². The van der Waals surface area contributed by atoms with E-state index >= 15 is 0 Å². The maximum Gasteiger partial charge on any atom is 0.261 e. The molecule has 0 saturated carbocycles. The molecule has 0 spiro atoms. The van der Waals surface area contributed by atoms with Crippen LogP contribution in [0.5, 0.6) is 17.2 Å². The molecule has 2 N–H and O–H groups in total. The number of carbonyl (C=O) groups excluding carboxylic acids is 1. The lowest BCUT2D eigenvalue weighted by Gasteiger charge is -2.34. The van der Waals surface area contributed by atoms with Crippen molar-refractivity contribution in [3.8, 4) is 17.2 Å². The third-order valence-electron chi connectivity index (χ3n) is 8.14. The maximum absolute atomic E-state index is 13.6. The summed E-state index contributed by atoms with van der Waals surface area (Å²) in [4.78, 5) is 17.3. The van der Waals surface area contributed by atoms with Gasteiger partial charge in [-0.05, 0) is 86.3 Å². The number of sulfonamides is 1. The highest BCUT2D eigenvalue weighted by atomic mass is 32.2. The molecule has 3 atom stereocenters. The van der Waals surface area contributed by atoms with Gasteiger partial charge in [-0.3, -0.25) is 14.4 Å². The smallest absolute Gasteiger partial charge is 0.261 e. The van der Waals surface area contributed by atoms with Crippen molar-refractivity contribution in [2.45, 2.75) is 43.9 Å². The Morgan fingerprint density at radius 1 is 1.02 bits per heavy atom. The van der Waals surface area contributed by atoms with Crippen LogP contribution in [0.4, 0.5) is 10.1 Å². The predicted molar refractivity (Wildman–Crippen MR) is 178 cm³/mol. The lowest BCUT2D eigenvalue weighted by Crippen LogP contribution is -2.47. The molecular weight excluding hydrogens is 621 g/mol. The molecule has 0 fully saturated rings. The molecule has 1 aliphatic rings. The van der Waals surface area contributed by atoms with E-state index in [0.29, 0.717) is 30.9 Å². The van der Waals surface area contributed by atoms with E-state index in [9.17, 15) is 22.7 Å². The van der Waals surface area contributed by atoms with E-state index in [1.54, 1.807) is 30.0 Å². The van der Waals surface area contributed by atoms with Crippen molar-refractivity contribution in [2.24, 2.45) is 5.92 Å². The van der Waals surface area contributed by atoms with Crippen molar-refractivity contribution in [3.63, 3.8) is 0 Å². The summed E-state index contributed by atoms with van der Waals surface area (Å²) in [5, 5.41) is 9.95. The summed E-state index contributed by atoms with van der Waals surface area (Å²) in [5.74, 6) is 1.15. The third kappa shape index (κ3) is 8.88. The number of aliphatic hydroxyl groups is 1. The minimum atomic E-state index is -4.01. The van der Waals surface area contributed by atoms with Gasteiger partial charge in [0.1, 0.15) is 29.2 Å². The lowest BCUT2D eigenvalue weighted by atomic mass is 10.0. The molecule has 47 heavy (non-hydrogen) atoms. The number of carbonyl (C=O) groups is 1. The number of nitrogens with zero attached hydrogens (tertiary/aromatic N) is 2. The van der Waals surface area contributed by atoms with Crippen LogP contribution >= 0.6 is 0 Å². The van der Waals surface area contributed by atoms with Gasteiger partial charge in [0, 0.05) is 36.8 Å². The van der Waals surface area contributed by atoms with Gasteiger partial charge in [0.05, 0.1) is 24.0 Å². The van der Waals surface area contributed by atoms with Crippen molar-refractivity contribution < 1.29 is 32.2 Å². The highest BCUT2D eigenvalue weighted by Gasteiger charge is 2.31. The molecule has 1 heterocycles. The summed E-state index contributed by atoms with van der Waals surface area (Å²) < 4.78 is 54.4. The highest BCUT2D eigenvalue weighted by Crippen LogP contribution is 2.30. The van der Waals surface area contributed by atoms with E-state index in [1.807, 2.05) is 68.6 Å². The Bertz CT molecular complexity index is 1750. The van der Waals surface area contributed by atoms with Gasteiger partial charge in [-0.25, -0.2) is 12.8 Å². The third-order valence-corrected chi connectivity index (χ3v) is 9.54. The van der Waals surface area contributed by atoms with E-state index < -0.39 is 21.9 Å². The minimum Gasteiger partial charge on any atom is -0.488 e. The number of fused-ring (bicyclic) bond motifs is 1. The molecule has 5 rings (SSSR count). The van der Waals surface area contributed by atoms with Gasteiger partial charge < -0.3 is 19.5 Å². The Kier molecular flexibility index (Phi) is 10.8. The van der Waals surface area contributed by atoms with Crippen LogP contribution in [0.1, 0.15) is 25.0 Å². The number of anilines is 1. The Morgan fingerprint density at radius 3 is 2.38 bits per heavy atom. The molecule has 11 heteroatoms. The Labute approximate surface area is 275 Å². The first-order valence-electron chi connectivity index (χ1n) is 15.5. The van der Waals surface area contributed by atoms with Gasteiger partial charge >= 0.3 is 0 Å². The zero-order valence-electron chi connectivity index (χ0n) is 26.7. The second-order valence-electron chi connectivity index (χ2n) is 12.0. The van der Waals surface area contributed by atoms with E-state index in [4.69, 9.17) is 9.47 Å². The standard InChI is InChI=1S/C36H40FN3O6S/c1-25-21-40(26(2)24-41)36(42)20-28-19-30(38-47(43,44)33-16-11-29(37)12-17-33)13-18-34(28)46-35(25)23-39(3)22-27-9-14-32(15-10-27)45-31-7-5-4-6-8-31/h4-19,25-26,35,38,41H,20-24H2,1-3H3/t25-,26+,35+/m0/s1. The molecule has 0 aromatic heterocycles. The molecular formula is C36H40FN3O6S. The average molecular weight is 662 g/mol. The number of ether oxygens (including phenoxy) is 2. The Hall–Kier alpha value is -4.45. The fourth-order valence-corrected chi connectivity index (χ4v) is 6.56. The number of halogens is 1. The van der Waals surface area contributed by atoms with Crippen LogP contribution in [0.25, 0.3) is 0 Å². The highest BCUT2D eigenvalue weighted by molar-refractivity contribution is 7.92. The average Bonchev–Trinajstić information content (AvgIpc) is 3.09. The van der Waals surface area contributed by atoms with E-state index in [0.717, 1.165) is 29.2 Å². The zero-order chi connectivity index (χ0) is 33.6. The first-order chi connectivity index (χ1) is 22.5. The monoisotopic (exact) mass is 661 g/mol. The van der Waals surface area contributed by atoms with Crippen LogP contribution in [-0.2, 0) is 27.8 Å². The summed E-state index contributed by atoms with van der Waals surface area (Å²) >= 11 is 0. The number of hydrogen-bond acceptors (Lipinski definition) is 7. The topological polar surface area (TPSA) is 108 Å². The number of hydrogen-bond donors (Lipinski definition) is 2. The Morgan fingerprint density at radius 2 is 1.70 bits per heavy atom. The minimum absolute atomic E-state index is 0.0432. The van der Waals surface area contributed by atoms with Gasteiger partial charge in [-0.1, -0.05) is 37.3 Å². The summed E-state index contributed by atoms with van der Waals surface area (Å²) in [7, 11) is -2.00. The number of nitrogens with one attached hydrogen (secondary N) is 1. The number of para-hydroxylation sites is 1. The van der Waals surface area contributed by atoms with E-state index in [1.165, 1.54) is 12.1 Å². The van der Waals surface area contributed by atoms with Crippen LogP contribution in [0.2, 0.25) is 0 Å². The van der Waals surface area contributed by atoms with Crippen LogP contribution in [0.15, 0.2) is 102 Å². The molecule has 0 unspecified atom stereocenters. The van der Waals surface area contributed by atoms with Crippen molar-refractivity contribution >= 4 is 21.6 Å². The van der Waals surface area contributed by atoms with Crippen molar-refractivity contribution in [2.75, 3.05) is 31.5 Å². The van der Waals surface area contributed by atoms with Gasteiger partial charge in [-0.2, -0.15) is 0 Å². The molecule has 1 amide bonds. The molecule has 0 bridgehead atoms. The van der Waals surface area contributed by atoms with Crippen LogP contribution in [0.3, 0.4) is 0 Å².